The van der Waals surface area contributed by atoms with Crippen LogP contribution in [0.2, 0.25) is 0 Å². The van der Waals surface area contributed by atoms with Crippen LogP contribution in [0.25, 0.3) is 10.8 Å². The number of anilines is 2. The lowest BCUT2D eigenvalue weighted by atomic mass is 9.93. The number of fused-ring (bicyclic) bond motifs is 1. The molecule has 0 saturated carbocycles. The quantitative estimate of drug-likeness (QED) is 0.0842. The second-order valence-electron chi connectivity index (χ2n) is 11.7. The Labute approximate surface area is 301 Å². The Bertz CT molecular complexity index is 2620. The van der Waals surface area contributed by atoms with Crippen LogP contribution in [-0.4, -0.2) is 10.2 Å². The normalized spacial score (nSPS) is 10.2. The smallest absolute Gasteiger partial charge is 0.145 e. The van der Waals surface area contributed by atoms with E-state index >= 15 is 0 Å². The van der Waals surface area contributed by atoms with Crippen molar-refractivity contribution in [3.05, 3.63) is 179 Å². The minimum Gasteiger partial charge on any atom is -0.506 e. The third-order valence-corrected chi connectivity index (χ3v) is 7.97. The van der Waals surface area contributed by atoms with Crippen molar-refractivity contribution < 1.29 is 19.7 Å². The van der Waals surface area contributed by atoms with Gasteiger partial charge < -0.3 is 31.2 Å². The predicted molar refractivity (Wildman–Crippen MR) is 206 cm³/mol. The second kappa shape index (κ2) is 14.8. The van der Waals surface area contributed by atoms with Crippen molar-refractivity contribution in [2.24, 2.45) is 0 Å². The molecule has 0 aliphatic rings. The van der Waals surface area contributed by atoms with Gasteiger partial charge in [-0.05, 0) is 78.9 Å². The number of ether oxygens (including phenoxy) is 2. The molecule has 6 nitrogen and oxygen atoms in total. The molecule has 7 rings (SSSR count). The van der Waals surface area contributed by atoms with E-state index in [-0.39, 0.29) is 22.9 Å². The molecule has 0 saturated heterocycles. The summed E-state index contributed by atoms with van der Waals surface area (Å²) >= 11 is 0. The second-order valence-corrected chi connectivity index (χ2v) is 11.7. The van der Waals surface area contributed by atoms with Gasteiger partial charge in [0.15, 0.2) is 0 Å². The van der Waals surface area contributed by atoms with Gasteiger partial charge in [0.1, 0.15) is 34.5 Å². The highest BCUT2D eigenvalue weighted by Gasteiger charge is 2.18. The highest BCUT2D eigenvalue weighted by atomic mass is 16.5. The molecule has 0 fully saturated rings. The average molecular weight is 675 g/mol. The number of hydrogen-bond acceptors (Lipinski definition) is 6. The number of nitrogens with two attached hydrogens (primary N) is 2. The van der Waals surface area contributed by atoms with Gasteiger partial charge in [-0.3, -0.25) is 0 Å². The first-order valence-corrected chi connectivity index (χ1v) is 16.3. The summed E-state index contributed by atoms with van der Waals surface area (Å²) in [4.78, 5) is 0. The van der Waals surface area contributed by atoms with Crippen molar-refractivity contribution in [2.45, 2.75) is 0 Å². The van der Waals surface area contributed by atoms with E-state index in [1.54, 1.807) is 24.3 Å². The van der Waals surface area contributed by atoms with Crippen LogP contribution < -0.4 is 20.9 Å². The maximum absolute atomic E-state index is 10.1. The van der Waals surface area contributed by atoms with Crippen molar-refractivity contribution in [1.82, 2.24) is 0 Å². The number of aromatic hydroxyl groups is 2. The van der Waals surface area contributed by atoms with Crippen LogP contribution in [0.4, 0.5) is 11.4 Å². The third-order valence-electron chi connectivity index (χ3n) is 7.97. The molecule has 52 heavy (non-hydrogen) atoms. The van der Waals surface area contributed by atoms with Gasteiger partial charge in [0.2, 0.25) is 0 Å². The van der Waals surface area contributed by atoms with Crippen LogP contribution in [0, 0.1) is 35.5 Å². The summed E-state index contributed by atoms with van der Waals surface area (Å²) in [7, 11) is 0. The third kappa shape index (κ3) is 7.61. The Kier molecular flexibility index (Phi) is 9.34. The molecule has 0 amide bonds. The van der Waals surface area contributed by atoms with Gasteiger partial charge in [-0.1, -0.05) is 90.1 Å². The van der Waals surface area contributed by atoms with Crippen LogP contribution in [0.1, 0.15) is 33.4 Å². The fourth-order valence-electron chi connectivity index (χ4n) is 5.40. The summed E-state index contributed by atoms with van der Waals surface area (Å²) in [5, 5.41) is 21.6. The molecule has 7 aromatic rings. The first kappa shape index (κ1) is 32.8. The average Bonchev–Trinajstić information content (AvgIpc) is 3.17. The maximum Gasteiger partial charge on any atom is 0.145 e. The first-order chi connectivity index (χ1) is 25.4. The zero-order valence-electron chi connectivity index (χ0n) is 27.7. The summed E-state index contributed by atoms with van der Waals surface area (Å²) in [5.74, 6) is 21.6. The molecule has 6 N–H and O–H groups in total. The number of hydrogen-bond donors (Lipinski definition) is 4. The lowest BCUT2D eigenvalue weighted by Crippen LogP contribution is -1.98. The minimum absolute atomic E-state index is 0.0386. The fraction of sp³-hybridized carbons (Fsp3) is 0. The molecule has 0 spiro atoms. The Morgan fingerprint density at radius 3 is 1.42 bits per heavy atom. The number of rotatable bonds is 4. The molecule has 0 aliphatic carbocycles. The molecule has 0 radical (unpaired) electrons. The van der Waals surface area contributed by atoms with Gasteiger partial charge in [-0.25, -0.2) is 0 Å². The van der Waals surface area contributed by atoms with Crippen LogP contribution >= 0.6 is 0 Å². The van der Waals surface area contributed by atoms with E-state index in [1.165, 1.54) is 12.1 Å². The van der Waals surface area contributed by atoms with Crippen molar-refractivity contribution in [3.63, 3.8) is 0 Å². The zero-order valence-corrected chi connectivity index (χ0v) is 27.7. The molecule has 6 heteroatoms. The Hall–Kier alpha value is -7.72. The lowest BCUT2D eigenvalue weighted by Gasteiger charge is -2.16. The molecular formula is C46H30N2O4. The zero-order chi connectivity index (χ0) is 35.9. The first-order valence-electron chi connectivity index (χ1n) is 16.3. The maximum atomic E-state index is 10.1. The molecule has 7 aromatic carbocycles. The molecule has 0 aliphatic heterocycles. The molecule has 0 unspecified atom stereocenters. The van der Waals surface area contributed by atoms with Crippen LogP contribution in [0.15, 0.2) is 146 Å². The summed E-state index contributed by atoms with van der Waals surface area (Å²) in [6, 6.07) is 43.9. The van der Waals surface area contributed by atoms with Crippen LogP contribution in [-0.2, 0) is 0 Å². The van der Waals surface area contributed by atoms with Crippen molar-refractivity contribution >= 4 is 22.1 Å². The summed E-state index contributed by atoms with van der Waals surface area (Å²) in [5.41, 5.74) is 16.7. The Balaban J connectivity index is 1.54. The van der Waals surface area contributed by atoms with E-state index in [9.17, 15) is 10.2 Å². The van der Waals surface area contributed by atoms with Crippen molar-refractivity contribution in [2.75, 3.05) is 11.5 Å². The van der Waals surface area contributed by atoms with Gasteiger partial charge in [0.25, 0.3) is 0 Å². The van der Waals surface area contributed by atoms with E-state index in [4.69, 9.17) is 20.9 Å². The van der Waals surface area contributed by atoms with Crippen molar-refractivity contribution in [1.29, 1.82) is 0 Å². The van der Waals surface area contributed by atoms with Crippen LogP contribution in [0.3, 0.4) is 0 Å². The Morgan fingerprint density at radius 1 is 0.423 bits per heavy atom. The summed E-state index contributed by atoms with van der Waals surface area (Å²) in [6.07, 6.45) is 0. The van der Waals surface area contributed by atoms with E-state index in [0.29, 0.717) is 45.1 Å². The predicted octanol–water partition coefficient (Wildman–Crippen LogP) is 9.20. The minimum atomic E-state index is -0.0502. The standard InChI is InChI=1S/C46H30N2O4/c47-41-29-36(21-24-43(41)49)51-38-26-35(20-17-32-12-6-2-7-13-32)46-39(23-18-33-14-8-3-9-15-33)45(52-37-22-25-44(50)42(48)30-37)27-34(40(46)28-38)19-16-31-10-4-1-5-11-31/h1-15,21-22,24-30,49-50H,47-48H2. The van der Waals surface area contributed by atoms with Gasteiger partial charge in [-0.2, -0.15) is 0 Å². The highest BCUT2D eigenvalue weighted by molar-refractivity contribution is 6.00. The van der Waals surface area contributed by atoms with E-state index in [2.05, 4.69) is 35.5 Å². The van der Waals surface area contributed by atoms with Gasteiger partial charge in [0, 0.05) is 50.7 Å². The molecular weight excluding hydrogens is 645 g/mol. The lowest BCUT2D eigenvalue weighted by molar-refractivity contribution is 0.466. The summed E-state index contributed by atoms with van der Waals surface area (Å²) < 4.78 is 12.9. The fourth-order valence-corrected chi connectivity index (χ4v) is 5.40. The molecule has 248 valence electrons. The number of phenols is 2. The van der Waals surface area contributed by atoms with Gasteiger partial charge in [-0.15, -0.1) is 0 Å². The monoisotopic (exact) mass is 674 g/mol. The van der Waals surface area contributed by atoms with Crippen molar-refractivity contribution in [3.8, 4) is 70.0 Å². The SMILES string of the molecule is Nc1cc(Oc2cc(C#Cc3ccccc3)c3c(C#Cc4ccccc4)c(Oc4ccc(O)c(N)c4)cc(C#Cc4ccccc4)c3c2)ccc1O. The number of phenolic OH excluding ortho intramolecular Hbond substituents is 2. The van der Waals surface area contributed by atoms with E-state index < -0.39 is 0 Å². The molecule has 0 aromatic heterocycles. The van der Waals surface area contributed by atoms with E-state index in [0.717, 1.165) is 22.1 Å². The molecule has 0 atom stereocenters. The molecule has 0 bridgehead atoms. The topological polar surface area (TPSA) is 111 Å². The number of benzene rings is 7. The summed E-state index contributed by atoms with van der Waals surface area (Å²) in [6.45, 7) is 0. The largest absolute Gasteiger partial charge is 0.506 e. The van der Waals surface area contributed by atoms with Gasteiger partial charge in [0.05, 0.1) is 16.9 Å². The highest BCUT2D eigenvalue weighted by Crippen LogP contribution is 2.40. The molecule has 0 heterocycles. The Morgan fingerprint density at radius 2 is 0.904 bits per heavy atom. The van der Waals surface area contributed by atoms with Crippen LogP contribution in [0.5, 0.6) is 34.5 Å². The number of nitrogen functional groups attached to an aromatic ring is 2. The van der Waals surface area contributed by atoms with Gasteiger partial charge >= 0.3 is 0 Å². The van der Waals surface area contributed by atoms with E-state index in [1.807, 2.05) is 109 Å².